The minimum Gasteiger partial charge on any atom is -0.346 e. The van der Waals surface area contributed by atoms with Gasteiger partial charge in [-0.1, -0.05) is 43.2 Å². The van der Waals surface area contributed by atoms with Crippen LogP contribution >= 0.6 is 0 Å². The fourth-order valence-corrected chi connectivity index (χ4v) is 4.41. The summed E-state index contributed by atoms with van der Waals surface area (Å²) in [6, 6.07) is 10.1. The molecule has 6 heteroatoms. The van der Waals surface area contributed by atoms with Crippen molar-refractivity contribution < 1.29 is 9.59 Å². The fourth-order valence-electron chi connectivity index (χ4n) is 4.41. The molecule has 1 atom stereocenters. The summed E-state index contributed by atoms with van der Waals surface area (Å²) in [6.07, 6.45) is 7.79. The number of aromatic nitrogens is 3. The number of Topliss-reactive ketones (excluding diaryl/α,β-unsaturated/α-hetero) is 1. The minimum atomic E-state index is -0.243. The number of carbonyl (C=O) groups is 2. The molecule has 1 heterocycles. The van der Waals surface area contributed by atoms with Crippen molar-refractivity contribution in [1.82, 2.24) is 20.1 Å². The van der Waals surface area contributed by atoms with E-state index in [1.165, 1.54) is 12.8 Å². The van der Waals surface area contributed by atoms with Crippen LogP contribution in [0.1, 0.15) is 75.3 Å². The molecule has 146 valence electrons. The predicted octanol–water partition coefficient (Wildman–Crippen LogP) is 3.78. The van der Waals surface area contributed by atoms with Crippen LogP contribution in [0.15, 0.2) is 42.2 Å². The van der Waals surface area contributed by atoms with Crippen LogP contribution in [0.25, 0.3) is 5.57 Å². The van der Waals surface area contributed by atoms with E-state index in [1.807, 2.05) is 37.3 Å². The lowest BCUT2D eigenvalue weighted by atomic mass is 10.00. The highest BCUT2D eigenvalue weighted by atomic mass is 16.2. The highest BCUT2D eigenvalue weighted by Gasteiger charge is 2.27. The van der Waals surface area contributed by atoms with E-state index >= 15 is 0 Å². The van der Waals surface area contributed by atoms with Crippen molar-refractivity contribution in [2.75, 3.05) is 0 Å². The van der Waals surface area contributed by atoms with Crippen molar-refractivity contribution >= 4 is 17.3 Å². The molecule has 4 rings (SSSR count). The average molecular weight is 378 g/mol. The van der Waals surface area contributed by atoms with E-state index in [2.05, 4.69) is 20.1 Å². The summed E-state index contributed by atoms with van der Waals surface area (Å²) in [5, 5.41) is 11.3. The number of nitrogens with one attached hydrogen (secondary N) is 1. The Morgan fingerprint density at radius 3 is 2.71 bits per heavy atom. The first-order valence-corrected chi connectivity index (χ1v) is 10.1. The fraction of sp³-hybridized carbons (Fsp3) is 0.455. The molecule has 6 nitrogen and oxygen atoms in total. The Balaban J connectivity index is 1.47. The summed E-state index contributed by atoms with van der Waals surface area (Å²) in [4.78, 5) is 25.1. The van der Waals surface area contributed by atoms with Crippen molar-refractivity contribution in [3.8, 4) is 0 Å². The van der Waals surface area contributed by atoms with E-state index in [0.717, 1.165) is 29.8 Å². The van der Waals surface area contributed by atoms with Crippen LogP contribution in [0.4, 0.5) is 0 Å². The minimum absolute atomic E-state index is 0.0794. The van der Waals surface area contributed by atoms with Gasteiger partial charge in [-0.2, -0.15) is 0 Å². The summed E-state index contributed by atoms with van der Waals surface area (Å²) >= 11 is 0. The number of rotatable bonds is 6. The number of hydrogen-bond donors (Lipinski definition) is 1. The van der Waals surface area contributed by atoms with Crippen LogP contribution in [0.3, 0.4) is 0 Å². The van der Waals surface area contributed by atoms with Crippen molar-refractivity contribution in [3.05, 3.63) is 53.6 Å². The van der Waals surface area contributed by atoms with Gasteiger partial charge in [-0.25, -0.2) is 0 Å². The van der Waals surface area contributed by atoms with Gasteiger partial charge in [-0.05, 0) is 37.3 Å². The average Bonchev–Trinajstić information content (AvgIpc) is 3.43. The molecule has 28 heavy (non-hydrogen) atoms. The number of nitrogens with zero attached hydrogens (tertiary/aromatic N) is 3. The summed E-state index contributed by atoms with van der Waals surface area (Å²) in [5.41, 5.74) is 2.68. The molecule has 0 unspecified atom stereocenters. The third kappa shape index (κ3) is 3.77. The zero-order chi connectivity index (χ0) is 19.5. The molecule has 1 amide bonds. The molecule has 0 spiro atoms. The standard InChI is InChI=1S/C22H26N4O2/c1-15(22-25-23-14-26(22)17-9-5-6-10-17)24-21(28)13-19-18(11-12-20(19)27)16-7-3-2-4-8-16/h2-4,7-8,14-15,17H,5-6,9-13H2,1H3,(H,24,28)/t15-/m1/s1. The van der Waals surface area contributed by atoms with Crippen LogP contribution in [0, 0.1) is 0 Å². The number of allylic oxidation sites excluding steroid dienone is 1. The van der Waals surface area contributed by atoms with E-state index < -0.39 is 0 Å². The van der Waals surface area contributed by atoms with Crippen LogP contribution in [0.5, 0.6) is 0 Å². The molecule has 1 aromatic heterocycles. The molecule has 2 aliphatic rings. The maximum Gasteiger partial charge on any atom is 0.225 e. The largest absolute Gasteiger partial charge is 0.346 e. The molecule has 0 saturated heterocycles. The van der Waals surface area contributed by atoms with Gasteiger partial charge in [0.1, 0.15) is 6.33 Å². The summed E-state index contributed by atoms with van der Waals surface area (Å²) in [7, 11) is 0. The van der Waals surface area contributed by atoms with Crippen LogP contribution in [-0.2, 0) is 9.59 Å². The first-order valence-electron chi connectivity index (χ1n) is 10.1. The number of benzene rings is 1. The Labute approximate surface area is 165 Å². The van der Waals surface area contributed by atoms with E-state index in [1.54, 1.807) is 6.33 Å². The third-order valence-corrected chi connectivity index (χ3v) is 5.85. The number of carbonyl (C=O) groups excluding carboxylic acids is 2. The predicted molar refractivity (Wildman–Crippen MR) is 106 cm³/mol. The zero-order valence-electron chi connectivity index (χ0n) is 16.2. The van der Waals surface area contributed by atoms with Gasteiger partial charge >= 0.3 is 0 Å². The monoisotopic (exact) mass is 378 g/mol. The van der Waals surface area contributed by atoms with Crippen LogP contribution in [0.2, 0.25) is 0 Å². The zero-order valence-corrected chi connectivity index (χ0v) is 16.2. The van der Waals surface area contributed by atoms with Crippen molar-refractivity contribution in [1.29, 1.82) is 0 Å². The van der Waals surface area contributed by atoms with Gasteiger partial charge in [0.2, 0.25) is 5.91 Å². The van der Waals surface area contributed by atoms with Gasteiger partial charge < -0.3 is 9.88 Å². The summed E-state index contributed by atoms with van der Waals surface area (Å²) in [6.45, 7) is 1.93. The summed E-state index contributed by atoms with van der Waals surface area (Å²) in [5.74, 6) is 0.721. The quantitative estimate of drug-likeness (QED) is 0.830. The normalized spacial score (nSPS) is 18.7. The highest BCUT2D eigenvalue weighted by Crippen LogP contribution is 2.34. The number of amides is 1. The Morgan fingerprint density at radius 1 is 1.21 bits per heavy atom. The topological polar surface area (TPSA) is 76.9 Å². The van der Waals surface area contributed by atoms with Crippen LogP contribution in [-0.4, -0.2) is 26.5 Å². The van der Waals surface area contributed by atoms with E-state index in [4.69, 9.17) is 0 Å². The lowest BCUT2D eigenvalue weighted by molar-refractivity contribution is -0.123. The maximum absolute atomic E-state index is 12.7. The van der Waals surface area contributed by atoms with Gasteiger partial charge in [-0.15, -0.1) is 10.2 Å². The third-order valence-electron chi connectivity index (χ3n) is 5.85. The molecule has 1 saturated carbocycles. The molecule has 1 aromatic carbocycles. The van der Waals surface area contributed by atoms with Crippen LogP contribution < -0.4 is 5.32 Å². The number of ketones is 1. The van der Waals surface area contributed by atoms with E-state index in [0.29, 0.717) is 24.5 Å². The SMILES string of the molecule is C[C@@H](NC(=O)CC1=C(c2ccccc2)CCC1=O)c1nncn1C1CCCC1. The van der Waals surface area contributed by atoms with E-state index in [9.17, 15) is 9.59 Å². The Morgan fingerprint density at radius 2 is 1.96 bits per heavy atom. The molecule has 1 N–H and O–H groups in total. The second-order valence-corrected chi connectivity index (χ2v) is 7.75. The lowest BCUT2D eigenvalue weighted by Crippen LogP contribution is -2.29. The Kier molecular flexibility index (Phi) is 5.37. The van der Waals surface area contributed by atoms with Crippen molar-refractivity contribution in [2.45, 2.75) is 64.0 Å². The molecule has 0 bridgehead atoms. The molecule has 1 fully saturated rings. The molecule has 0 radical (unpaired) electrons. The van der Waals surface area contributed by atoms with Gasteiger partial charge in [0.15, 0.2) is 11.6 Å². The number of hydrogen-bond acceptors (Lipinski definition) is 4. The van der Waals surface area contributed by atoms with E-state index in [-0.39, 0.29) is 24.2 Å². The highest BCUT2D eigenvalue weighted by molar-refractivity contribution is 6.10. The molecular formula is C22H26N4O2. The van der Waals surface area contributed by atoms with Gasteiger partial charge in [-0.3, -0.25) is 9.59 Å². The molecular weight excluding hydrogens is 352 g/mol. The molecule has 2 aliphatic carbocycles. The molecule has 2 aromatic rings. The molecule has 0 aliphatic heterocycles. The first kappa shape index (κ1) is 18.6. The lowest BCUT2D eigenvalue weighted by Gasteiger charge is -2.19. The van der Waals surface area contributed by atoms with Gasteiger partial charge in [0.05, 0.1) is 12.5 Å². The van der Waals surface area contributed by atoms with Crippen molar-refractivity contribution in [3.63, 3.8) is 0 Å². The Hall–Kier alpha value is -2.76. The summed E-state index contributed by atoms with van der Waals surface area (Å²) < 4.78 is 2.10. The maximum atomic E-state index is 12.7. The van der Waals surface area contributed by atoms with Gasteiger partial charge in [0, 0.05) is 18.0 Å². The Bertz CT molecular complexity index is 894. The first-order chi connectivity index (χ1) is 13.6. The van der Waals surface area contributed by atoms with Gasteiger partial charge in [0.25, 0.3) is 0 Å². The van der Waals surface area contributed by atoms with Crippen molar-refractivity contribution in [2.24, 2.45) is 0 Å². The smallest absolute Gasteiger partial charge is 0.225 e. The second kappa shape index (κ2) is 8.09. The second-order valence-electron chi connectivity index (χ2n) is 7.75.